The van der Waals surface area contributed by atoms with E-state index in [0.717, 1.165) is 61.4 Å². The maximum atomic E-state index is 6.32. The molecule has 0 atom stereocenters. The minimum atomic E-state index is 0.896. The molecule has 0 aliphatic rings. The number of aromatic nitrogens is 1. The van der Waals surface area contributed by atoms with Gasteiger partial charge in [-0.2, -0.15) is 0 Å². The van der Waals surface area contributed by atoms with Gasteiger partial charge in [0, 0.05) is 58.7 Å². The Morgan fingerprint density at radius 1 is 0.368 bits per heavy atom. The van der Waals surface area contributed by atoms with Gasteiger partial charge in [-0.3, -0.25) is 0 Å². The van der Waals surface area contributed by atoms with Crippen LogP contribution in [0.4, 0.5) is 17.1 Å². The lowest BCUT2D eigenvalue weighted by Gasteiger charge is -2.27. The molecule has 14 rings (SSSR count). The highest BCUT2D eigenvalue weighted by atomic mass is 32.1. The van der Waals surface area contributed by atoms with Gasteiger partial charge in [0.1, 0.15) is 11.2 Å². The highest BCUT2D eigenvalue weighted by Crippen LogP contribution is 2.49. The molecule has 0 unspecified atom stereocenters. The molecule has 0 bridgehead atoms. The van der Waals surface area contributed by atoms with Crippen LogP contribution in [-0.4, -0.2) is 4.57 Å². The van der Waals surface area contributed by atoms with Gasteiger partial charge in [-0.1, -0.05) is 170 Å². The lowest BCUT2D eigenvalue weighted by Crippen LogP contribution is -2.10. The van der Waals surface area contributed by atoms with Crippen LogP contribution < -0.4 is 4.90 Å². The summed E-state index contributed by atoms with van der Waals surface area (Å²) in [5.74, 6) is 0. The van der Waals surface area contributed by atoms with Gasteiger partial charge in [0.05, 0.1) is 22.4 Å². The van der Waals surface area contributed by atoms with Crippen LogP contribution in [0.5, 0.6) is 0 Å². The monoisotopic (exact) mass is 884 g/mol. The van der Waals surface area contributed by atoms with Crippen LogP contribution in [0.3, 0.4) is 0 Å². The van der Waals surface area contributed by atoms with E-state index in [2.05, 4.69) is 246 Å². The second-order valence-corrected chi connectivity index (χ2v) is 18.6. The molecular formula is C64H40N2OS. The van der Waals surface area contributed by atoms with Crippen LogP contribution in [-0.2, 0) is 0 Å². The van der Waals surface area contributed by atoms with E-state index in [0.29, 0.717) is 0 Å². The van der Waals surface area contributed by atoms with Crippen LogP contribution in [0.15, 0.2) is 247 Å². The Hall–Kier alpha value is -8.70. The molecule has 0 spiro atoms. The smallest absolute Gasteiger partial charge is 0.136 e. The number of fused-ring (bicyclic) bond motifs is 10. The fourth-order valence-corrected chi connectivity index (χ4v) is 12.0. The molecule has 3 nitrogen and oxygen atoms in total. The Bertz CT molecular complexity index is 4210. The van der Waals surface area contributed by atoms with Gasteiger partial charge in [0.15, 0.2) is 0 Å². The van der Waals surface area contributed by atoms with Gasteiger partial charge in [-0.05, 0) is 111 Å². The van der Waals surface area contributed by atoms with Crippen molar-refractivity contribution in [2.24, 2.45) is 0 Å². The van der Waals surface area contributed by atoms with Crippen LogP contribution in [0.2, 0.25) is 0 Å². The Morgan fingerprint density at radius 2 is 0.941 bits per heavy atom. The number of benzene rings is 11. The molecule has 0 N–H and O–H groups in total. The van der Waals surface area contributed by atoms with Crippen molar-refractivity contribution in [3.05, 3.63) is 243 Å². The van der Waals surface area contributed by atoms with Gasteiger partial charge < -0.3 is 13.9 Å². The van der Waals surface area contributed by atoms with E-state index in [9.17, 15) is 0 Å². The summed E-state index contributed by atoms with van der Waals surface area (Å²) in [7, 11) is 0. The highest BCUT2D eigenvalue weighted by Gasteiger charge is 2.23. The molecule has 0 aliphatic heterocycles. The third-order valence-corrected chi connectivity index (χ3v) is 15.0. The zero-order valence-corrected chi connectivity index (χ0v) is 37.6. The summed E-state index contributed by atoms with van der Waals surface area (Å²) in [6, 6.07) is 88.3. The van der Waals surface area contributed by atoms with Crippen molar-refractivity contribution in [3.63, 3.8) is 0 Å². The van der Waals surface area contributed by atoms with Crippen molar-refractivity contribution >= 4 is 103 Å². The van der Waals surface area contributed by atoms with Gasteiger partial charge >= 0.3 is 0 Å². The SMILES string of the molecule is c1ccc(-n2c3ccccc3c3ccccc32)c(-c2ccc(N(c3ccc(-c4cccc5oc6ccccc6c45)cc3)c3ccc(-c4ccc5ccccc5c4)c4sc5ccccc5c34)cc2)c1. The lowest BCUT2D eigenvalue weighted by molar-refractivity contribution is 0.669. The van der Waals surface area contributed by atoms with E-state index in [1.54, 1.807) is 0 Å². The Labute approximate surface area is 396 Å². The van der Waals surface area contributed by atoms with Crippen LogP contribution in [0.1, 0.15) is 0 Å². The molecule has 14 aromatic rings. The quantitative estimate of drug-likeness (QED) is 0.159. The average Bonchev–Trinajstić information content (AvgIpc) is 4.09. The second kappa shape index (κ2) is 15.5. The maximum absolute atomic E-state index is 6.32. The summed E-state index contributed by atoms with van der Waals surface area (Å²) in [5.41, 5.74) is 15.7. The standard InChI is InChI=1S/C64H40N2OS/c1-2-15-44-40-45(29-28-41(44)14-1)50-38-39-58(63-54-20-7-12-27-61(54)68-64(50)63)65(47-36-32-43(33-37-47)49-21-13-26-60-62(49)53-19-6-11-25-59(53)67-60)46-34-30-42(31-35-46)48-16-3-8-22-55(48)66-56-23-9-4-17-51(56)52-18-5-10-24-57(52)66/h1-40H. The summed E-state index contributed by atoms with van der Waals surface area (Å²) in [6.45, 7) is 0. The minimum Gasteiger partial charge on any atom is -0.456 e. The zero-order valence-electron chi connectivity index (χ0n) is 36.8. The summed E-state index contributed by atoms with van der Waals surface area (Å²) in [4.78, 5) is 2.45. The average molecular weight is 885 g/mol. The molecule has 3 heterocycles. The first kappa shape index (κ1) is 38.6. The highest BCUT2D eigenvalue weighted by molar-refractivity contribution is 7.26. The number of hydrogen-bond acceptors (Lipinski definition) is 3. The Morgan fingerprint density at radius 3 is 1.71 bits per heavy atom. The van der Waals surface area contributed by atoms with Crippen molar-refractivity contribution in [2.45, 2.75) is 0 Å². The summed E-state index contributed by atoms with van der Waals surface area (Å²) < 4.78 is 11.3. The van der Waals surface area contributed by atoms with E-state index in [1.807, 2.05) is 17.4 Å². The number of rotatable bonds is 7. The maximum Gasteiger partial charge on any atom is 0.136 e. The van der Waals surface area contributed by atoms with Crippen molar-refractivity contribution < 1.29 is 4.42 Å². The van der Waals surface area contributed by atoms with E-state index in [1.165, 1.54) is 69.4 Å². The molecule has 3 aromatic heterocycles. The molecule has 0 radical (unpaired) electrons. The molecule has 4 heteroatoms. The molecule has 0 saturated heterocycles. The van der Waals surface area contributed by atoms with E-state index >= 15 is 0 Å². The molecule has 0 saturated carbocycles. The van der Waals surface area contributed by atoms with E-state index < -0.39 is 0 Å². The zero-order chi connectivity index (χ0) is 44.7. The fourth-order valence-electron chi connectivity index (χ4n) is 10.7. The van der Waals surface area contributed by atoms with Gasteiger partial charge in [0.25, 0.3) is 0 Å². The second-order valence-electron chi connectivity index (χ2n) is 17.6. The van der Waals surface area contributed by atoms with Gasteiger partial charge in [-0.25, -0.2) is 0 Å². The predicted molar refractivity (Wildman–Crippen MR) is 289 cm³/mol. The third-order valence-electron chi connectivity index (χ3n) is 13.8. The molecule has 11 aromatic carbocycles. The molecule has 0 aliphatic carbocycles. The Kier molecular flexibility index (Phi) is 8.76. The fraction of sp³-hybridized carbons (Fsp3) is 0. The number of para-hydroxylation sites is 4. The summed E-state index contributed by atoms with van der Waals surface area (Å²) in [5, 5.41) is 9.75. The first-order valence-corrected chi connectivity index (χ1v) is 24.0. The van der Waals surface area contributed by atoms with Crippen molar-refractivity contribution in [3.8, 4) is 39.1 Å². The molecule has 0 fully saturated rings. The normalized spacial score (nSPS) is 11.8. The summed E-state index contributed by atoms with van der Waals surface area (Å²) in [6.07, 6.45) is 0. The largest absolute Gasteiger partial charge is 0.456 e. The topological polar surface area (TPSA) is 21.3 Å². The van der Waals surface area contributed by atoms with Crippen molar-refractivity contribution in [1.82, 2.24) is 4.57 Å². The number of furan rings is 1. The lowest BCUT2D eigenvalue weighted by atomic mass is 9.97. The molecule has 68 heavy (non-hydrogen) atoms. The molecule has 318 valence electrons. The third kappa shape index (κ3) is 6.05. The number of thiophene rings is 1. The van der Waals surface area contributed by atoms with Gasteiger partial charge in [-0.15, -0.1) is 11.3 Å². The Balaban J connectivity index is 0.954. The predicted octanol–water partition coefficient (Wildman–Crippen LogP) is 18.7. The van der Waals surface area contributed by atoms with Crippen molar-refractivity contribution in [1.29, 1.82) is 0 Å². The van der Waals surface area contributed by atoms with E-state index in [-0.39, 0.29) is 0 Å². The number of anilines is 3. The number of nitrogens with zero attached hydrogens (tertiary/aromatic N) is 2. The first-order chi connectivity index (χ1) is 33.7. The van der Waals surface area contributed by atoms with Crippen LogP contribution in [0, 0.1) is 0 Å². The first-order valence-electron chi connectivity index (χ1n) is 23.2. The van der Waals surface area contributed by atoms with E-state index in [4.69, 9.17) is 4.42 Å². The van der Waals surface area contributed by atoms with Gasteiger partial charge in [0.2, 0.25) is 0 Å². The summed E-state index contributed by atoms with van der Waals surface area (Å²) >= 11 is 1.88. The molecular weight excluding hydrogens is 845 g/mol. The molecule has 0 amide bonds. The van der Waals surface area contributed by atoms with Crippen molar-refractivity contribution in [2.75, 3.05) is 4.90 Å². The minimum absolute atomic E-state index is 0.896. The number of hydrogen-bond donors (Lipinski definition) is 0. The van der Waals surface area contributed by atoms with Crippen LogP contribution >= 0.6 is 11.3 Å². The van der Waals surface area contributed by atoms with Crippen LogP contribution in [0.25, 0.3) is 114 Å².